The maximum atomic E-state index is 13.7. The number of hydrogen-bond acceptors (Lipinski definition) is 4. The monoisotopic (exact) mass is 265 g/mol. The van der Waals surface area contributed by atoms with E-state index < -0.39 is 5.82 Å². The van der Waals surface area contributed by atoms with E-state index in [0.29, 0.717) is 0 Å². The molecule has 0 atom stereocenters. The van der Waals surface area contributed by atoms with Crippen molar-refractivity contribution in [1.29, 1.82) is 0 Å². The van der Waals surface area contributed by atoms with E-state index in [0.717, 1.165) is 0 Å². The molecule has 18 heavy (non-hydrogen) atoms. The van der Waals surface area contributed by atoms with Gasteiger partial charge in [0.05, 0.1) is 5.69 Å². The molecule has 0 bridgehead atoms. The van der Waals surface area contributed by atoms with Gasteiger partial charge in [0.1, 0.15) is 22.4 Å². The first-order chi connectivity index (χ1) is 8.63. The van der Waals surface area contributed by atoms with Gasteiger partial charge in [0.15, 0.2) is 0 Å². The molecule has 3 N–H and O–H groups in total. The Morgan fingerprint density at radius 2 is 2.00 bits per heavy atom. The molecule has 92 valence electrons. The van der Waals surface area contributed by atoms with E-state index in [1.54, 1.807) is 6.07 Å². The normalized spacial score (nSPS) is 11.6. The van der Waals surface area contributed by atoms with Crippen LogP contribution in [0.1, 0.15) is 11.3 Å². The van der Waals surface area contributed by atoms with E-state index in [-0.39, 0.29) is 27.8 Å². The van der Waals surface area contributed by atoms with Crippen LogP contribution >= 0.6 is 11.6 Å². The minimum Gasteiger partial charge on any atom is -0.410 e. The topological polar surface area (TPSA) is 71.5 Å². The molecule has 0 aliphatic rings. The lowest BCUT2D eigenvalue weighted by atomic mass is 10.1. The average Bonchev–Trinajstić information content (AvgIpc) is 2.36. The quantitative estimate of drug-likeness (QED) is 0.379. The third kappa shape index (κ3) is 2.26. The number of hydrogen-bond donors (Lipinski definition) is 2. The number of nitrogens with zero attached hydrogens (tertiary/aromatic N) is 2. The second-order valence-electron chi connectivity index (χ2n) is 3.50. The zero-order chi connectivity index (χ0) is 13.1. The van der Waals surface area contributed by atoms with Crippen LogP contribution in [0.25, 0.3) is 0 Å². The molecule has 0 saturated carbocycles. The minimum atomic E-state index is -0.536. The molecule has 0 fully saturated rings. The summed E-state index contributed by atoms with van der Waals surface area (Å²) in [5, 5.41) is 12.3. The molecule has 2 rings (SSSR count). The summed E-state index contributed by atoms with van der Waals surface area (Å²) in [6.45, 7) is 0. The highest BCUT2D eigenvalue weighted by Crippen LogP contribution is 2.19. The summed E-state index contributed by atoms with van der Waals surface area (Å²) in [6, 6.07) is 8.87. The number of anilines is 1. The molecular formula is C12H9ClFN3O. The fourth-order valence-corrected chi connectivity index (χ4v) is 1.67. The van der Waals surface area contributed by atoms with Crippen LogP contribution in [0.15, 0.2) is 41.6 Å². The van der Waals surface area contributed by atoms with Crippen LogP contribution in [0.2, 0.25) is 5.15 Å². The number of nitrogens with two attached hydrogens (primary N) is 1. The first kappa shape index (κ1) is 12.3. The Hall–Kier alpha value is -2.14. The van der Waals surface area contributed by atoms with Crippen molar-refractivity contribution in [2.75, 3.05) is 5.73 Å². The lowest BCUT2D eigenvalue weighted by Crippen LogP contribution is -2.11. The number of rotatable bonds is 2. The summed E-state index contributed by atoms with van der Waals surface area (Å²) >= 11 is 5.75. The zero-order valence-corrected chi connectivity index (χ0v) is 9.89. The van der Waals surface area contributed by atoms with Gasteiger partial charge in [-0.2, -0.15) is 0 Å². The van der Waals surface area contributed by atoms with Crippen LogP contribution in [-0.2, 0) is 0 Å². The molecule has 0 aliphatic carbocycles. The van der Waals surface area contributed by atoms with Gasteiger partial charge >= 0.3 is 0 Å². The standard InChI is InChI=1S/C12H9ClFN3O/c13-10-6-5-9(15)12(16-10)11(17-18)7-3-1-2-4-8(7)14/h1-6,18H,15H2. The van der Waals surface area contributed by atoms with Gasteiger partial charge in [0.2, 0.25) is 0 Å². The van der Waals surface area contributed by atoms with Crippen molar-refractivity contribution in [3.63, 3.8) is 0 Å². The highest BCUT2D eigenvalue weighted by atomic mass is 35.5. The SMILES string of the molecule is Nc1ccc(Cl)nc1C(=NO)c1ccccc1F. The van der Waals surface area contributed by atoms with E-state index >= 15 is 0 Å². The van der Waals surface area contributed by atoms with Gasteiger partial charge in [-0.15, -0.1) is 0 Å². The van der Waals surface area contributed by atoms with Crippen LogP contribution in [0.3, 0.4) is 0 Å². The van der Waals surface area contributed by atoms with Gasteiger partial charge in [-0.1, -0.05) is 28.9 Å². The molecule has 0 radical (unpaired) electrons. The molecule has 6 heteroatoms. The second-order valence-corrected chi connectivity index (χ2v) is 3.89. The summed E-state index contributed by atoms with van der Waals surface area (Å²) < 4.78 is 13.7. The Morgan fingerprint density at radius 3 is 2.67 bits per heavy atom. The van der Waals surface area contributed by atoms with Gasteiger partial charge in [-0.25, -0.2) is 9.37 Å². The Bertz CT molecular complexity index is 616. The largest absolute Gasteiger partial charge is 0.410 e. The molecule has 0 saturated heterocycles. The number of nitrogen functional groups attached to an aromatic ring is 1. The van der Waals surface area contributed by atoms with E-state index in [1.807, 2.05) is 0 Å². The third-order valence-corrected chi connectivity index (χ3v) is 2.56. The third-order valence-electron chi connectivity index (χ3n) is 2.35. The molecule has 2 aromatic rings. The van der Waals surface area contributed by atoms with Gasteiger partial charge < -0.3 is 10.9 Å². The zero-order valence-electron chi connectivity index (χ0n) is 9.14. The van der Waals surface area contributed by atoms with Crippen LogP contribution < -0.4 is 5.73 Å². The molecule has 1 aromatic carbocycles. The van der Waals surface area contributed by atoms with Crippen molar-refractivity contribution in [3.8, 4) is 0 Å². The minimum absolute atomic E-state index is 0.0619. The average molecular weight is 266 g/mol. The maximum absolute atomic E-state index is 13.7. The number of aromatic nitrogens is 1. The summed E-state index contributed by atoms with van der Waals surface area (Å²) in [7, 11) is 0. The Balaban J connectivity index is 2.60. The highest BCUT2D eigenvalue weighted by molar-refractivity contribution is 6.30. The van der Waals surface area contributed by atoms with Crippen molar-refractivity contribution >= 4 is 23.0 Å². The molecule has 4 nitrogen and oxygen atoms in total. The van der Waals surface area contributed by atoms with E-state index in [9.17, 15) is 4.39 Å². The Kier molecular flexibility index (Phi) is 3.43. The van der Waals surface area contributed by atoms with Crippen molar-refractivity contribution in [1.82, 2.24) is 4.98 Å². The number of oxime groups is 1. The van der Waals surface area contributed by atoms with Crippen LogP contribution in [0.5, 0.6) is 0 Å². The van der Waals surface area contributed by atoms with Crippen LogP contribution in [0, 0.1) is 5.82 Å². The lowest BCUT2D eigenvalue weighted by molar-refractivity contribution is 0.319. The number of halogens is 2. The smallest absolute Gasteiger partial charge is 0.140 e. The van der Waals surface area contributed by atoms with Gasteiger partial charge in [-0.05, 0) is 24.3 Å². The Labute approximate surface area is 108 Å². The van der Waals surface area contributed by atoms with Crippen LogP contribution in [-0.4, -0.2) is 15.9 Å². The van der Waals surface area contributed by atoms with Gasteiger partial charge in [0, 0.05) is 5.56 Å². The van der Waals surface area contributed by atoms with Crippen LogP contribution in [0.4, 0.5) is 10.1 Å². The molecule has 0 amide bonds. The fourth-order valence-electron chi connectivity index (χ4n) is 1.52. The van der Waals surface area contributed by atoms with E-state index in [1.165, 1.54) is 30.3 Å². The summed E-state index contributed by atoms with van der Waals surface area (Å²) in [4.78, 5) is 3.94. The Morgan fingerprint density at radius 1 is 1.28 bits per heavy atom. The fraction of sp³-hybridized carbons (Fsp3) is 0. The molecular weight excluding hydrogens is 257 g/mol. The summed E-state index contributed by atoms with van der Waals surface area (Å²) in [5.41, 5.74) is 6.13. The van der Waals surface area contributed by atoms with Crippen molar-refractivity contribution < 1.29 is 9.60 Å². The van der Waals surface area contributed by atoms with Gasteiger partial charge in [-0.3, -0.25) is 0 Å². The molecule has 1 heterocycles. The van der Waals surface area contributed by atoms with Gasteiger partial charge in [0.25, 0.3) is 0 Å². The summed E-state index contributed by atoms with van der Waals surface area (Å²) in [5.74, 6) is -0.536. The molecule has 1 aromatic heterocycles. The first-order valence-electron chi connectivity index (χ1n) is 5.03. The number of pyridine rings is 1. The second kappa shape index (κ2) is 5.01. The predicted molar refractivity (Wildman–Crippen MR) is 67.5 cm³/mol. The van der Waals surface area contributed by atoms with Crippen molar-refractivity contribution in [3.05, 3.63) is 58.6 Å². The maximum Gasteiger partial charge on any atom is 0.140 e. The molecule has 0 spiro atoms. The summed E-state index contributed by atoms with van der Waals surface area (Å²) in [6.07, 6.45) is 0. The molecule has 0 aliphatic heterocycles. The lowest BCUT2D eigenvalue weighted by Gasteiger charge is -2.08. The van der Waals surface area contributed by atoms with Crippen molar-refractivity contribution in [2.45, 2.75) is 0 Å². The number of benzene rings is 1. The predicted octanol–water partition coefficient (Wildman–Crippen LogP) is 2.68. The van der Waals surface area contributed by atoms with E-state index in [4.69, 9.17) is 22.5 Å². The van der Waals surface area contributed by atoms with Crippen molar-refractivity contribution in [2.24, 2.45) is 5.16 Å². The molecule has 0 unspecified atom stereocenters. The van der Waals surface area contributed by atoms with E-state index in [2.05, 4.69) is 10.1 Å². The first-order valence-corrected chi connectivity index (χ1v) is 5.40. The highest BCUT2D eigenvalue weighted by Gasteiger charge is 2.16.